The van der Waals surface area contributed by atoms with Crippen LogP contribution in [0.4, 0.5) is 0 Å². The minimum atomic E-state index is -2.03. The zero-order chi connectivity index (χ0) is 24.8. The van der Waals surface area contributed by atoms with Crippen LogP contribution in [0.5, 0.6) is 0 Å². The molecular weight excluding hydrogens is 444 g/mol. The van der Waals surface area contributed by atoms with Gasteiger partial charge in [0.05, 0.1) is 36.8 Å². The molecule has 174 valence electrons. The third-order valence-corrected chi connectivity index (χ3v) is 7.82. The van der Waals surface area contributed by atoms with E-state index in [-0.39, 0.29) is 5.92 Å². The second-order valence-electron chi connectivity index (χ2n) is 9.24. The highest BCUT2D eigenvalue weighted by Gasteiger charge is 2.81. The molecule has 2 aromatic rings. The lowest BCUT2D eigenvalue weighted by molar-refractivity contribution is -0.296. The van der Waals surface area contributed by atoms with E-state index in [4.69, 9.17) is 19.6 Å². The van der Waals surface area contributed by atoms with E-state index in [0.717, 1.165) is 5.56 Å². The molecule has 2 aliphatic heterocycles. The summed E-state index contributed by atoms with van der Waals surface area (Å²) in [5, 5.41) is 40.1. The summed E-state index contributed by atoms with van der Waals surface area (Å²) in [7, 11) is 1.28. The van der Waals surface area contributed by atoms with Crippen molar-refractivity contribution in [3.63, 3.8) is 0 Å². The van der Waals surface area contributed by atoms with Gasteiger partial charge < -0.3 is 14.2 Å². The molecule has 5 rings (SSSR count). The average molecular weight is 466 g/mol. The van der Waals surface area contributed by atoms with Crippen LogP contribution in [0.1, 0.15) is 52.8 Å². The summed E-state index contributed by atoms with van der Waals surface area (Å²) in [6, 6.07) is 22.5. The van der Waals surface area contributed by atoms with Gasteiger partial charge in [-0.3, -0.25) is 5.41 Å². The van der Waals surface area contributed by atoms with Crippen LogP contribution in [0.25, 0.3) is 0 Å². The van der Waals surface area contributed by atoms with Crippen LogP contribution in [0, 0.1) is 56.2 Å². The topological polar surface area (TPSA) is 140 Å². The molecule has 1 N–H and O–H groups in total. The predicted molar refractivity (Wildman–Crippen MR) is 121 cm³/mol. The first kappa shape index (κ1) is 22.6. The number of nitrogens with zero attached hydrogens (tertiary/aromatic N) is 3. The summed E-state index contributed by atoms with van der Waals surface area (Å²) < 4.78 is 17.2. The predicted octanol–water partition coefficient (Wildman–Crippen LogP) is 4.38. The molecule has 8 nitrogen and oxygen atoms in total. The van der Waals surface area contributed by atoms with Crippen LogP contribution in [-0.4, -0.2) is 24.8 Å². The van der Waals surface area contributed by atoms with E-state index in [1.165, 1.54) is 19.2 Å². The molecule has 2 heterocycles. The van der Waals surface area contributed by atoms with Gasteiger partial charge in [-0.25, -0.2) is 4.79 Å². The Bertz CT molecular complexity index is 1310. The summed E-state index contributed by atoms with van der Waals surface area (Å²) in [5.74, 6) is -2.80. The normalized spacial score (nSPS) is 32.2. The van der Waals surface area contributed by atoms with Gasteiger partial charge in [0, 0.05) is 6.42 Å². The number of ether oxygens (including phenoxy) is 3. The number of benzene rings is 2. The van der Waals surface area contributed by atoms with Gasteiger partial charge in [-0.15, -0.1) is 0 Å². The van der Waals surface area contributed by atoms with Crippen LogP contribution in [0.2, 0.25) is 0 Å². The standard InChI is InChI=1S/C27H22N4O4/c1-33-23(32)19-9-7-18(8-10-19)22-25(14-28,15-29)26(16-30)21-13-20(17-5-3-2-4-6-17)11-12-27(21,34-22)35-24(26)31/h2-10,20-22,31H,11-13H2,1H3. The van der Waals surface area contributed by atoms with E-state index in [9.17, 15) is 20.6 Å². The number of carbonyl (C=O) groups excluding carboxylic acids is 1. The summed E-state index contributed by atoms with van der Waals surface area (Å²) in [6.45, 7) is 0. The minimum Gasteiger partial charge on any atom is -0.465 e. The maximum Gasteiger partial charge on any atom is 0.337 e. The van der Waals surface area contributed by atoms with Gasteiger partial charge in [-0.1, -0.05) is 42.5 Å². The number of nitriles is 3. The number of nitrogens with one attached hydrogen (secondary N) is 1. The van der Waals surface area contributed by atoms with E-state index in [1.54, 1.807) is 12.1 Å². The van der Waals surface area contributed by atoms with Gasteiger partial charge in [-0.2, -0.15) is 15.8 Å². The van der Waals surface area contributed by atoms with Crippen molar-refractivity contribution in [2.75, 3.05) is 7.11 Å². The van der Waals surface area contributed by atoms with E-state index in [1.807, 2.05) is 30.3 Å². The molecule has 1 saturated carbocycles. The fourth-order valence-electron chi connectivity index (χ4n) is 6.08. The van der Waals surface area contributed by atoms with E-state index >= 15 is 0 Å². The van der Waals surface area contributed by atoms with Gasteiger partial charge in [0.15, 0.2) is 5.41 Å². The molecule has 0 aromatic heterocycles. The molecule has 35 heavy (non-hydrogen) atoms. The number of rotatable bonds is 3. The molecule has 5 atom stereocenters. The third-order valence-electron chi connectivity index (χ3n) is 7.82. The lowest BCUT2D eigenvalue weighted by Crippen LogP contribution is -2.60. The van der Waals surface area contributed by atoms with Crippen molar-refractivity contribution >= 4 is 11.9 Å². The zero-order valence-electron chi connectivity index (χ0n) is 19.0. The second kappa shape index (κ2) is 7.94. The van der Waals surface area contributed by atoms with Crippen molar-refractivity contribution in [1.82, 2.24) is 0 Å². The molecule has 3 fully saturated rings. The Labute approximate surface area is 202 Å². The minimum absolute atomic E-state index is 0.0751. The fraction of sp³-hybridized carbons (Fsp3) is 0.370. The van der Waals surface area contributed by atoms with Crippen LogP contribution in [0.15, 0.2) is 54.6 Å². The summed E-state index contributed by atoms with van der Waals surface area (Å²) in [6.07, 6.45) is 0.400. The zero-order valence-corrected chi connectivity index (χ0v) is 19.0. The maximum absolute atomic E-state index is 11.9. The molecule has 0 spiro atoms. The van der Waals surface area contributed by atoms with Crippen LogP contribution >= 0.6 is 0 Å². The van der Waals surface area contributed by atoms with Gasteiger partial charge in [0.1, 0.15) is 6.10 Å². The Morgan fingerprint density at radius 3 is 2.31 bits per heavy atom. The molecule has 5 unspecified atom stereocenters. The summed E-state index contributed by atoms with van der Waals surface area (Å²) in [4.78, 5) is 11.9. The van der Waals surface area contributed by atoms with Gasteiger partial charge in [-0.05, 0) is 42.0 Å². The Kier molecular flexibility index (Phi) is 5.13. The van der Waals surface area contributed by atoms with E-state index < -0.39 is 40.5 Å². The Morgan fingerprint density at radius 1 is 1.03 bits per heavy atom. The number of hydrogen-bond acceptors (Lipinski definition) is 8. The molecule has 2 saturated heterocycles. The number of carbonyl (C=O) groups is 1. The van der Waals surface area contributed by atoms with Crippen LogP contribution in [-0.2, 0) is 14.2 Å². The summed E-state index contributed by atoms with van der Waals surface area (Å²) >= 11 is 0. The fourth-order valence-corrected chi connectivity index (χ4v) is 6.08. The molecule has 1 aliphatic carbocycles. The van der Waals surface area contributed by atoms with E-state index in [2.05, 4.69) is 18.2 Å². The summed E-state index contributed by atoms with van der Waals surface area (Å²) in [5.41, 5.74) is -2.00. The van der Waals surface area contributed by atoms with Crippen molar-refractivity contribution < 1.29 is 19.0 Å². The van der Waals surface area contributed by atoms with Crippen molar-refractivity contribution in [2.24, 2.45) is 16.7 Å². The molecular formula is C27H22N4O4. The largest absolute Gasteiger partial charge is 0.465 e. The van der Waals surface area contributed by atoms with Crippen molar-refractivity contribution in [1.29, 1.82) is 21.2 Å². The van der Waals surface area contributed by atoms with Gasteiger partial charge >= 0.3 is 5.97 Å². The average Bonchev–Trinajstić information content (AvgIpc) is 3.11. The lowest BCUT2D eigenvalue weighted by Gasteiger charge is -2.52. The SMILES string of the molecule is COC(=O)c1ccc(C2OC34CCC(c5ccccc5)CC3C(C#N)(C(=N)O4)C2(C#N)C#N)cc1. The molecule has 3 aliphatic rings. The van der Waals surface area contributed by atoms with Gasteiger partial charge in [0.2, 0.25) is 17.1 Å². The quantitative estimate of drug-likeness (QED) is 0.662. The molecule has 8 heteroatoms. The lowest BCUT2D eigenvalue weighted by atomic mass is 9.50. The Hall–Kier alpha value is -4.19. The van der Waals surface area contributed by atoms with Crippen molar-refractivity contribution in [3.05, 3.63) is 71.3 Å². The number of esters is 1. The first-order chi connectivity index (χ1) is 16.9. The van der Waals surface area contributed by atoms with Crippen LogP contribution in [0.3, 0.4) is 0 Å². The first-order valence-corrected chi connectivity index (χ1v) is 11.3. The molecule has 2 aromatic carbocycles. The first-order valence-electron chi connectivity index (χ1n) is 11.3. The smallest absolute Gasteiger partial charge is 0.337 e. The Balaban J connectivity index is 1.63. The number of hydrogen-bond donors (Lipinski definition) is 1. The van der Waals surface area contributed by atoms with Crippen molar-refractivity contribution in [3.8, 4) is 18.2 Å². The monoisotopic (exact) mass is 466 g/mol. The number of methoxy groups -OCH3 is 1. The molecule has 2 bridgehead atoms. The van der Waals surface area contributed by atoms with Crippen LogP contribution < -0.4 is 0 Å². The highest BCUT2D eigenvalue weighted by molar-refractivity contribution is 5.90. The van der Waals surface area contributed by atoms with Gasteiger partial charge in [0.25, 0.3) is 0 Å². The second-order valence-corrected chi connectivity index (χ2v) is 9.24. The van der Waals surface area contributed by atoms with E-state index in [0.29, 0.717) is 30.4 Å². The third kappa shape index (κ3) is 2.86. The maximum atomic E-state index is 11.9. The molecule has 0 amide bonds. The highest BCUT2D eigenvalue weighted by Crippen LogP contribution is 2.70. The molecule has 0 radical (unpaired) electrons. The Morgan fingerprint density at radius 2 is 1.71 bits per heavy atom. The van der Waals surface area contributed by atoms with Crippen molar-refractivity contribution in [2.45, 2.75) is 37.1 Å². The highest BCUT2D eigenvalue weighted by atomic mass is 16.7.